The molecular formula is HN9. The highest BCUT2D eigenvalue weighted by molar-refractivity contribution is 4.31. The fourth-order valence-electron chi connectivity index (χ4n) is 0.0916. The molecule has 0 aliphatic rings. The van der Waals surface area contributed by atoms with Crippen LogP contribution in [0, 0.1) is 5.53 Å². The first-order chi connectivity index (χ1) is 4.41. The van der Waals surface area contributed by atoms with Gasteiger partial charge in [0.1, 0.15) is 10.4 Å². The molecule has 0 spiro atoms. The Hall–Kier alpha value is -1.89. The van der Waals surface area contributed by atoms with Gasteiger partial charge < -0.3 is 0 Å². The number of nitrogens with zero attached hydrogens (tertiary/aromatic N) is 8. The van der Waals surface area contributed by atoms with E-state index in [9.17, 15) is 0 Å². The van der Waals surface area contributed by atoms with Crippen molar-refractivity contribution in [2.24, 2.45) is 31.3 Å². The lowest BCUT2D eigenvalue weighted by atomic mass is 12.4. The van der Waals surface area contributed by atoms with Crippen molar-refractivity contribution in [2.45, 2.75) is 0 Å². The number of hydrogen-bond donors (Lipinski definition) is 1. The Morgan fingerprint density at radius 2 is 1.78 bits per heavy atom. The molecule has 0 amide bonds. The maximum atomic E-state index is 7.59. The van der Waals surface area contributed by atoms with E-state index in [4.69, 9.17) is 11.1 Å². The minimum Gasteiger partial charge on any atom is -0.183 e. The molecular weight excluding hydrogens is 126 g/mol. The largest absolute Gasteiger partial charge is 0.183 e. The van der Waals surface area contributed by atoms with E-state index >= 15 is 0 Å². The zero-order chi connectivity index (χ0) is 6.95. The van der Waals surface area contributed by atoms with Crippen LogP contribution >= 0.6 is 0 Å². The lowest BCUT2D eigenvalue weighted by Gasteiger charge is -1.58. The lowest BCUT2D eigenvalue weighted by Crippen LogP contribution is -1.42. The summed E-state index contributed by atoms with van der Waals surface area (Å²) in [6.07, 6.45) is 0. The summed E-state index contributed by atoms with van der Waals surface area (Å²) in [7, 11) is 0. The van der Waals surface area contributed by atoms with E-state index in [1.807, 2.05) is 0 Å². The van der Waals surface area contributed by atoms with Crippen molar-refractivity contribution < 1.29 is 0 Å². The number of azide groups is 1. The monoisotopic (exact) mass is 127 g/mol. The fraction of sp³-hybridized carbons (Fsp3) is 0. The summed E-state index contributed by atoms with van der Waals surface area (Å²) < 4.78 is 0. The Morgan fingerprint density at radius 1 is 1.11 bits per heavy atom. The van der Waals surface area contributed by atoms with Gasteiger partial charge in [-0.25, -0.2) is 0 Å². The van der Waals surface area contributed by atoms with Crippen LogP contribution in [0.4, 0.5) is 0 Å². The molecule has 0 fully saturated rings. The molecule has 0 rings (SSSR count). The van der Waals surface area contributed by atoms with Crippen molar-refractivity contribution >= 4 is 0 Å². The molecule has 0 saturated carbocycles. The van der Waals surface area contributed by atoms with Gasteiger partial charge in [0.15, 0.2) is 0 Å². The van der Waals surface area contributed by atoms with Crippen LogP contribution in [-0.4, -0.2) is 0 Å². The third-order valence-corrected chi connectivity index (χ3v) is 0.245. The molecule has 0 aliphatic carbocycles. The first-order valence-electron chi connectivity index (χ1n) is 1.62. The topological polar surface area (TPSA) is 134 Å². The van der Waals surface area contributed by atoms with Gasteiger partial charge in [0.05, 0.1) is 5.22 Å². The Morgan fingerprint density at radius 3 is 2.33 bits per heavy atom. The van der Waals surface area contributed by atoms with Crippen LogP contribution < -0.4 is 0 Å². The lowest BCUT2D eigenvalue weighted by molar-refractivity contribution is 0.804. The summed E-state index contributed by atoms with van der Waals surface area (Å²) >= 11 is 0. The zero-order valence-electron chi connectivity index (χ0n) is 4.08. The smallest absolute Gasteiger partial charge is 0.124 e. The molecule has 0 unspecified atom stereocenters. The number of rotatable bonds is 3. The van der Waals surface area contributed by atoms with Crippen molar-refractivity contribution in [1.29, 1.82) is 5.53 Å². The van der Waals surface area contributed by atoms with Crippen LogP contribution in [0.2, 0.25) is 0 Å². The molecule has 0 aromatic heterocycles. The third-order valence-electron chi connectivity index (χ3n) is 0.245. The molecule has 9 heavy (non-hydrogen) atoms. The van der Waals surface area contributed by atoms with E-state index in [0.29, 0.717) is 0 Å². The zero-order valence-corrected chi connectivity index (χ0v) is 4.08. The van der Waals surface area contributed by atoms with Gasteiger partial charge in [-0.3, -0.25) is 0 Å². The average molecular weight is 127 g/mol. The summed E-state index contributed by atoms with van der Waals surface area (Å²) in [6, 6.07) is 0. The van der Waals surface area contributed by atoms with Gasteiger partial charge in [0.2, 0.25) is 0 Å². The third kappa shape index (κ3) is 6.11. The predicted octanol–water partition coefficient (Wildman–Crippen LogP) is 1.98. The van der Waals surface area contributed by atoms with Gasteiger partial charge in [0, 0.05) is 5.22 Å². The van der Waals surface area contributed by atoms with Crippen LogP contribution in [0.3, 0.4) is 0 Å². The van der Waals surface area contributed by atoms with Crippen molar-refractivity contribution in [3.05, 3.63) is 10.4 Å². The average Bonchev–Trinajstić information content (AvgIpc) is 1.89. The summed E-state index contributed by atoms with van der Waals surface area (Å²) in [6.45, 7) is 0. The maximum Gasteiger partial charge on any atom is 0.124 e. The second-order valence-electron chi connectivity index (χ2n) is 0.637. The first-order valence-corrected chi connectivity index (χ1v) is 1.62. The minimum atomic E-state index is 2.22. The molecule has 0 saturated heterocycles. The number of nitrogens with one attached hydrogen (secondary N) is 1. The van der Waals surface area contributed by atoms with Crippen LogP contribution in [0.15, 0.2) is 31.3 Å². The van der Waals surface area contributed by atoms with Crippen LogP contribution in [0.1, 0.15) is 0 Å². The quantitative estimate of drug-likeness (QED) is 0.256. The second-order valence-corrected chi connectivity index (χ2v) is 0.637. The Balaban J connectivity index is 3.58. The molecule has 1 N–H and O–H groups in total. The molecule has 0 radical (unpaired) electrons. The summed E-state index contributed by atoms with van der Waals surface area (Å²) in [4.78, 5) is 2.22. The fourth-order valence-corrected chi connectivity index (χ4v) is 0.0916. The normalized spacial score (nSPS) is 9.78. The van der Waals surface area contributed by atoms with Gasteiger partial charge >= 0.3 is 0 Å². The molecule has 46 valence electrons. The van der Waals surface area contributed by atoms with Crippen molar-refractivity contribution in [2.75, 3.05) is 0 Å². The van der Waals surface area contributed by atoms with E-state index < -0.39 is 0 Å². The minimum absolute atomic E-state index is 2.22. The summed E-state index contributed by atoms with van der Waals surface area (Å²) in [5.74, 6) is 0. The van der Waals surface area contributed by atoms with Crippen molar-refractivity contribution in [3.63, 3.8) is 0 Å². The van der Waals surface area contributed by atoms with Gasteiger partial charge in [-0.15, -0.1) is 5.53 Å². The maximum absolute atomic E-state index is 7.59. The molecule has 0 aliphatic heterocycles. The highest BCUT2D eigenvalue weighted by atomic mass is 15.6. The van der Waals surface area contributed by atoms with Crippen molar-refractivity contribution in [1.82, 2.24) is 0 Å². The Bertz CT molecular complexity index is 164. The predicted molar refractivity (Wildman–Crippen MR) is 24.0 cm³/mol. The molecule has 0 atom stereocenters. The van der Waals surface area contributed by atoms with Crippen molar-refractivity contribution in [3.8, 4) is 0 Å². The summed E-state index contributed by atoms with van der Waals surface area (Å²) in [5, 5.41) is 16.1. The van der Waals surface area contributed by atoms with E-state index in [0.717, 1.165) is 0 Å². The van der Waals surface area contributed by atoms with Crippen LogP contribution in [-0.2, 0) is 0 Å². The van der Waals surface area contributed by atoms with E-state index in [1.165, 1.54) is 0 Å². The highest BCUT2D eigenvalue weighted by Gasteiger charge is 1.66. The number of hydrogen-bond acceptors (Lipinski definition) is 1. The van der Waals surface area contributed by atoms with Gasteiger partial charge in [-0.1, -0.05) is 0 Å². The molecule has 9 heteroatoms. The van der Waals surface area contributed by atoms with E-state index in [2.05, 4.69) is 36.3 Å². The first kappa shape index (κ1) is 7.11. The standard InChI is InChI=1S/HN9/c1-3-5-7-9-8-6-4-2/h1H/b3-1?,7-5+,9-8+. The summed E-state index contributed by atoms with van der Waals surface area (Å²) in [5.41, 5.74) is 13.6. The van der Waals surface area contributed by atoms with Crippen LogP contribution in [0.5, 0.6) is 0 Å². The highest BCUT2D eigenvalue weighted by Crippen LogP contribution is 1.80. The van der Waals surface area contributed by atoms with Gasteiger partial charge in [0.25, 0.3) is 0 Å². The van der Waals surface area contributed by atoms with Gasteiger partial charge in [-0.05, 0) is 10.4 Å². The Kier molecular flexibility index (Phi) is 4.83. The molecule has 0 aromatic rings. The van der Waals surface area contributed by atoms with E-state index in [-0.39, 0.29) is 0 Å². The molecule has 9 nitrogen and oxygen atoms in total. The van der Waals surface area contributed by atoms with Gasteiger partial charge in [-0.2, -0.15) is 10.4 Å². The van der Waals surface area contributed by atoms with E-state index in [1.54, 1.807) is 0 Å². The molecule has 0 heterocycles. The Labute approximate surface area is 48.5 Å². The molecule has 0 aromatic carbocycles. The van der Waals surface area contributed by atoms with Crippen LogP contribution in [0.25, 0.3) is 10.4 Å². The second kappa shape index (κ2) is 6.11. The SMILES string of the molecule is [N-]=[N+]=N/N=N/N=N/N=N. The molecule has 0 bridgehead atoms.